The second-order valence-corrected chi connectivity index (χ2v) is 4.62. The first-order valence-corrected chi connectivity index (χ1v) is 4.86. The molecule has 3 heteroatoms. The molecule has 0 unspecified atom stereocenters. The van der Waals surface area contributed by atoms with E-state index in [-0.39, 0.29) is 0 Å². The van der Waals surface area contributed by atoms with Gasteiger partial charge in [-0.1, -0.05) is 13.8 Å². The maximum atomic E-state index is 5.59. The van der Waals surface area contributed by atoms with Gasteiger partial charge in [-0.15, -0.1) is 11.8 Å². The summed E-state index contributed by atoms with van der Waals surface area (Å²) in [7, 11) is 0. The molecule has 0 aliphatic heterocycles. The molecule has 0 radical (unpaired) electrons. The van der Waals surface area contributed by atoms with Crippen molar-refractivity contribution in [1.82, 2.24) is 4.98 Å². The van der Waals surface area contributed by atoms with Crippen LogP contribution in [0.25, 0.3) is 0 Å². The van der Waals surface area contributed by atoms with E-state index in [2.05, 4.69) is 18.8 Å². The second kappa shape index (κ2) is 3.81. The Labute approximate surface area is 77.6 Å². The van der Waals surface area contributed by atoms with Gasteiger partial charge >= 0.3 is 0 Å². The standard InChI is InChI=1S/C9H14N2S/c1-6(2)12-9-7(3)4-8(10)5-11-9/h4-6H,10H2,1-3H3. The van der Waals surface area contributed by atoms with Gasteiger partial charge in [0.15, 0.2) is 0 Å². The highest BCUT2D eigenvalue weighted by molar-refractivity contribution is 7.99. The van der Waals surface area contributed by atoms with E-state index in [0.717, 1.165) is 16.3 Å². The number of anilines is 1. The van der Waals surface area contributed by atoms with E-state index in [1.54, 1.807) is 18.0 Å². The number of hydrogen-bond acceptors (Lipinski definition) is 3. The summed E-state index contributed by atoms with van der Waals surface area (Å²) in [6.07, 6.45) is 1.71. The van der Waals surface area contributed by atoms with Crippen LogP contribution in [0.1, 0.15) is 19.4 Å². The van der Waals surface area contributed by atoms with E-state index >= 15 is 0 Å². The van der Waals surface area contributed by atoms with Gasteiger partial charge in [-0.25, -0.2) is 4.98 Å². The van der Waals surface area contributed by atoms with Gasteiger partial charge in [0.1, 0.15) is 0 Å². The number of hydrogen-bond donors (Lipinski definition) is 1. The highest BCUT2D eigenvalue weighted by atomic mass is 32.2. The van der Waals surface area contributed by atoms with Crippen LogP contribution in [0.15, 0.2) is 17.3 Å². The number of nitrogen functional groups attached to an aromatic ring is 1. The summed E-state index contributed by atoms with van der Waals surface area (Å²) in [5, 5.41) is 1.65. The molecule has 0 aliphatic carbocycles. The lowest BCUT2D eigenvalue weighted by Gasteiger charge is -2.06. The summed E-state index contributed by atoms with van der Waals surface area (Å²) in [4.78, 5) is 4.26. The van der Waals surface area contributed by atoms with Crippen LogP contribution in [0, 0.1) is 6.92 Å². The third-order valence-corrected chi connectivity index (χ3v) is 2.52. The first-order valence-electron chi connectivity index (χ1n) is 3.98. The molecule has 1 heterocycles. The number of thioether (sulfide) groups is 1. The molecule has 0 amide bonds. The van der Waals surface area contributed by atoms with Gasteiger partial charge < -0.3 is 5.73 Å². The summed E-state index contributed by atoms with van der Waals surface area (Å²) in [6, 6.07) is 1.96. The lowest BCUT2D eigenvalue weighted by molar-refractivity contribution is 1.05. The van der Waals surface area contributed by atoms with Gasteiger partial charge in [-0.05, 0) is 18.6 Å². The van der Waals surface area contributed by atoms with Crippen LogP contribution in [0.5, 0.6) is 0 Å². The minimum Gasteiger partial charge on any atom is -0.397 e. The average molecular weight is 182 g/mol. The predicted octanol–water partition coefficient (Wildman–Crippen LogP) is 2.47. The van der Waals surface area contributed by atoms with Crippen LogP contribution in [-0.4, -0.2) is 10.2 Å². The SMILES string of the molecule is Cc1cc(N)cnc1SC(C)C. The quantitative estimate of drug-likeness (QED) is 0.714. The minimum absolute atomic E-state index is 0.569. The monoisotopic (exact) mass is 182 g/mol. The van der Waals surface area contributed by atoms with Crippen molar-refractivity contribution in [3.63, 3.8) is 0 Å². The van der Waals surface area contributed by atoms with Gasteiger partial charge in [-0.3, -0.25) is 0 Å². The third kappa shape index (κ3) is 2.41. The average Bonchev–Trinajstić information content (AvgIpc) is 1.94. The van der Waals surface area contributed by atoms with Gasteiger partial charge in [-0.2, -0.15) is 0 Å². The molecule has 0 aliphatic rings. The molecule has 0 atom stereocenters. The van der Waals surface area contributed by atoms with Crippen molar-refractivity contribution < 1.29 is 0 Å². The zero-order chi connectivity index (χ0) is 9.14. The molecular formula is C9H14N2S. The Morgan fingerprint density at radius 1 is 1.50 bits per heavy atom. The molecule has 0 fully saturated rings. The third-order valence-electron chi connectivity index (χ3n) is 1.40. The Morgan fingerprint density at radius 3 is 2.67 bits per heavy atom. The number of pyridine rings is 1. The Bertz CT molecular complexity index is 271. The first-order chi connectivity index (χ1) is 5.59. The summed E-state index contributed by atoms with van der Waals surface area (Å²) >= 11 is 1.77. The molecule has 1 aromatic heterocycles. The van der Waals surface area contributed by atoms with Gasteiger partial charge in [0, 0.05) is 5.25 Å². The molecule has 0 bridgehead atoms. The fraction of sp³-hybridized carbons (Fsp3) is 0.444. The Kier molecular flexibility index (Phi) is 2.98. The van der Waals surface area contributed by atoms with Crippen molar-refractivity contribution in [3.8, 4) is 0 Å². The number of aromatic nitrogens is 1. The topological polar surface area (TPSA) is 38.9 Å². The highest BCUT2D eigenvalue weighted by Crippen LogP contribution is 2.24. The molecule has 12 heavy (non-hydrogen) atoms. The minimum atomic E-state index is 0.569. The molecule has 0 spiro atoms. The molecule has 1 aromatic rings. The molecule has 1 rings (SSSR count). The van der Waals surface area contributed by atoms with Crippen LogP contribution in [0.2, 0.25) is 0 Å². The van der Waals surface area contributed by atoms with Crippen molar-refractivity contribution >= 4 is 17.4 Å². The maximum Gasteiger partial charge on any atom is 0.0993 e. The van der Waals surface area contributed by atoms with Crippen molar-refractivity contribution in [2.45, 2.75) is 31.0 Å². The van der Waals surface area contributed by atoms with Gasteiger partial charge in [0.25, 0.3) is 0 Å². The van der Waals surface area contributed by atoms with Gasteiger partial charge in [0.2, 0.25) is 0 Å². The number of rotatable bonds is 2. The van der Waals surface area contributed by atoms with Crippen molar-refractivity contribution in [2.24, 2.45) is 0 Å². The van der Waals surface area contributed by atoms with Gasteiger partial charge in [0.05, 0.1) is 16.9 Å². The molecule has 66 valence electrons. The summed E-state index contributed by atoms with van der Waals surface area (Å²) in [5.74, 6) is 0. The summed E-state index contributed by atoms with van der Waals surface area (Å²) < 4.78 is 0. The van der Waals surface area contributed by atoms with E-state index in [4.69, 9.17) is 5.73 Å². The number of aryl methyl sites for hydroxylation is 1. The molecule has 0 aromatic carbocycles. The highest BCUT2D eigenvalue weighted by Gasteiger charge is 2.03. The van der Waals surface area contributed by atoms with E-state index < -0.39 is 0 Å². The molecule has 0 saturated heterocycles. The second-order valence-electron chi connectivity index (χ2n) is 3.06. The Morgan fingerprint density at radius 2 is 2.17 bits per heavy atom. The zero-order valence-corrected chi connectivity index (χ0v) is 8.48. The van der Waals surface area contributed by atoms with Crippen molar-refractivity contribution in [1.29, 1.82) is 0 Å². The lowest BCUT2D eigenvalue weighted by Crippen LogP contribution is -1.94. The fourth-order valence-electron chi connectivity index (χ4n) is 0.931. The van der Waals surface area contributed by atoms with Crippen LogP contribution in [-0.2, 0) is 0 Å². The molecule has 2 N–H and O–H groups in total. The fourth-order valence-corrected chi connectivity index (χ4v) is 1.74. The van der Waals surface area contributed by atoms with Crippen molar-refractivity contribution in [2.75, 3.05) is 5.73 Å². The van der Waals surface area contributed by atoms with E-state index in [1.807, 2.05) is 13.0 Å². The Hall–Kier alpha value is -0.700. The van der Waals surface area contributed by atoms with E-state index in [1.165, 1.54) is 0 Å². The summed E-state index contributed by atoms with van der Waals surface area (Å²) in [6.45, 7) is 6.35. The smallest absolute Gasteiger partial charge is 0.0993 e. The molecule has 0 saturated carbocycles. The maximum absolute atomic E-state index is 5.59. The molecule has 2 nitrogen and oxygen atoms in total. The van der Waals surface area contributed by atoms with E-state index in [0.29, 0.717) is 5.25 Å². The largest absolute Gasteiger partial charge is 0.397 e. The van der Waals surface area contributed by atoms with E-state index in [9.17, 15) is 0 Å². The normalized spacial score (nSPS) is 10.7. The first kappa shape index (κ1) is 9.39. The number of nitrogens with two attached hydrogens (primary N) is 1. The molecular weight excluding hydrogens is 168 g/mol. The lowest BCUT2D eigenvalue weighted by atomic mass is 10.3. The van der Waals surface area contributed by atoms with Crippen LogP contribution in [0.4, 0.5) is 5.69 Å². The van der Waals surface area contributed by atoms with Crippen LogP contribution < -0.4 is 5.73 Å². The van der Waals surface area contributed by atoms with Crippen LogP contribution >= 0.6 is 11.8 Å². The summed E-state index contributed by atoms with van der Waals surface area (Å²) in [5.41, 5.74) is 7.48. The Balaban J connectivity index is 2.86. The number of nitrogens with zero attached hydrogens (tertiary/aromatic N) is 1. The van der Waals surface area contributed by atoms with Crippen molar-refractivity contribution in [3.05, 3.63) is 17.8 Å². The zero-order valence-electron chi connectivity index (χ0n) is 7.66. The predicted molar refractivity (Wildman–Crippen MR) is 54.4 cm³/mol. The van der Waals surface area contributed by atoms with Crippen LogP contribution in [0.3, 0.4) is 0 Å².